The van der Waals surface area contributed by atoms with Crippen LogP contribution in [0.1, 0.15) is 45.4 Å². The first-order chi connectivity index (χ1) is 10.6. The molecule has 0 aromatic heterocycles. The molecule has 0 bridgehead atoms. The molecule has 3 unspecified atom stereocenters. The van der Waals surface area contributed by atoms with Gasteiger partial charge in [0.2, 0.25) is 0 Å². The van der Waals surface area contributed by atoms with Crippen LogP contribution in [0.5, 0.6) is 0 Å². The van der Waals surface area contributed by atoms with Crippen molar-refractivity contribution < 1.29 is 19.5 Å². The Hall–Kier alpha value is -1.93. The van der Waals surface area contributed by atoms with E-state index in [1.165, 1.54) is 6.08 Å². The average molecular weight is 302 g/mol. The maximum Gasteiger partial charge on any atom is 0.332 e. The number of hydrogen-bond acceptors (Lipinski definition) is 3. The normalized spacial score (nSPS) is 28.2. The van der Waals surface area contributed by atoms with E-state index in [4.69, 9.17) is 0 Å². The van der Waals surface area contributed by atoms with Crippen LogP contribution < -0.4 is 0 Å². The Balaban J connectivity index is 2.39. The fourth-order valence-corrected chi connectivity index (χ4v) is 3.71. The van der Waals surface area contributed by atoms with Crippen LogP contribution in [0.25, 0.3) is 0 Å². The summed E-state index contributed by atoms with van der Waals surface area (Å²) in [5.41, 5.74) is 0.434. The molecule has 0 amide bonds. The molecule has 22 heavy (non-hydrogen) atoms. The smallest absolute Gasteiger partial charge is 0.332 e. The molecule has 0 aliphatic heterocycles. The molecule has 4 heteroatoms. The van der Waals surface area contributed by atoms with Gasteiger partial charge in [-0.1, -0.05) is 31.9 Å². The first-order valence-electron chi connectivity index (χ1n) is 7.99. The molecule has 4 nitrogen and oxygen atoms in total. The van der Waals surface area contributed by atoms with E-state index in [0.29, 0.717) is 12.0 Å². The lowest BCUT2D eigenvalue weighted by Crippen LogP contribution is -2.38. The van der Waals surface area contributed by atoms with Crippen molar-refractivity contribution in [1.29, 1.82) is 0 Å². The highest BCUT2D eigenvalue weighted by Crippen LogP contribution is 2.42. The Kier molecular flexibility index (Phi) is 5.51. The molecule has 0 aromatic rings. The molecular weight excluding hydrogens is 280 g/mol. The first kappa shape index (κ1) is 16.4. The zero-order valence-corrected chi connectivity index (χ0v) is 12.9. The topological polar surface area (TPSA) is 71.4 Å². The minimum Gasteiger partial charge on any atom is -0.478 e. The number of carboxylic acid groups (broad SMARTS) is 1. The molecule has 0 saturated heterocycles. The van der Waals surface area contributed by atoms with E-state index in [9.17, 15) is 19.5 Å². The lowest BCUT2D eigenvalue weighted by atomic mass is 9.65. The molecule has 118 valence electrons. The van der Waals surface area contributed by atoms with Crippen molar-refractivity contribution in [3.63, 3.8) is 0 Å². The number of hydrogen-bond donors (Lipinski definition) is 1. The predicted molar refractivity (Wildman–Crippen MR) is 82.9 cm³/mol. The van der Waals surface area contributed by atoms with Crippen molar-refractivity contribution in [3.8, 4) is 0 Å². The Morgan fingerprint density at radius 2 is 2.23 bits per heavy atom. The number of carbonyl (C=O) groups excluding carboxylic acids is 2. The minimum absolute atomic E-state index is 0.0903. The summed E-state index contributed by atoms with van der Waals surface area (Å²) >= 11 is 0. The average Bonchev–Trinajstić information content (AvgIpc) is 2.52. The van der Waals surface area contributed by atoms with Gasteiger partial charge in [0.05, 0.1) is 0 Å². The standard InChI is InChI=1S/C18H22O4/c1-2-3-6-12-7-5-10-15(20)17(12)16-13(11-19)8-4-9-14(16)18(21)22/h4,8-9,12,16-17H,2-3,5-7,10H2,1H3,(H,21,22). The molecule has 3 atom stereocenters. The zero-order chi connectivity index (χ0) is 16.1. The zero-order valence-electron chi connectivity index (χ0n) is 12.9. The van der Waals surface area contributed by atoms with Gasteiger partial charge in [0.25, 0.3) is 0 Å². The molecular formula is C18H22O4. The summed E-state index contributed by atoms with van der Waals surface area (Å²) in [6, 6.07) is 0. The number of carboxylic acids is 1. The molecule has 0 spiro atoms. The van der Waals surface area contributed by atoms with Crippen molar-refractivity contribution in [2.75, 3.05) is 0 Å². The fourth-order valence-electron chi connectivity index (χ4n) is 3.71. The number of aliphatic carboxylic acids is 1. The summed E-state index contributed by atoms with van der Waals surface area (Å²) in [6.45, 7) is 2.10. The fraction of sp³-hybridized carbons (Fsp3) is 0.556. The number of allylic oxidation sites excluding steroid dienone is 4. The number of ketones is 1. The van der Waals surface area contributed by atoms with Gasteiger partial charge in [-0.3, -0.25) is 4.79 Å². The predicted octanol–water partition coefficient (Wildman–Crippen LogP) is 3.12. The van der Waals surface area contributed by atoms with E-state index < -0.39 is 17.8 Å². The van der Waals surface area contributed by atoms with Gasteiger partial charge in [0.15, 0.2) is 0 Å². The van der Waals surface area contributed by atoms with Crippen molar-refractivity contribution in [1.82, 2.24) is 0 Å². The summed E-state index contributed by atoms with van der Waals surface area (Å²) in [7, 11) is 0. The second-order valence-corrected chi connectivity index (χ2v) is 6.11. The van der Waals surface area contributed by atoms with Gasteiger partial charge in [-0.15, -0.1) is 0 Å². The minimum atomic E-state index is -1.06. The van der Waals surface area contributed by atoms with E-state index in [1.54, 1.807) is 12.2 Å². The van der Waals surface area contributed by atoms with Gasteiger partial charge < -0.3 is 5.11 Å². The highest BCUT2D eigenvalue weighted by atomic mass is 16.4. The Labute approximate surface area is 130 Å². The second kappa shape index (κ2) is 7.37. The van der Waals surface area contributed by atoms with Crippen LogP contribution in [-0.2, 0) is 14.4 Å². The number of unbranched alkanes of at least 4 members (excludes halogenated alkanes) is 1. The lowest BCUT2D eigenvalue weighted by molar-refractivity contribution is -0.134. The molecule has 2 aliphatic rings. The van der Waals surface area contributed by atoms with E-state index in [1.807, 2.05) is 5.94 Å². The van der Waals surface area contributed by atoms with Crippen LogP contribution in [0.4, 0.5) is 0 Å². The van der Waals surface area contributed by atoms with E-state index in [0.717, 1.165) is 32.1 Å². The van der Waals surface area contributed by atoms with Crippen molar-refractivity contribution in [3.05, 3.63) is 29.4 Å². The summed E-state index contributed by atoms with van der Waals surface area (Å²) in [6.07, 6.45) is 9.88. The largest absolute Gasteiger partial charge is 0.478 e. The maximum atomic E-state index is 12.5. The monoisotopic (exact) mass is 302 g/mol. The van der Waals surface area contributed by atoms with Crippen molar-refractivity contribution in [2.24, 2.45) is 17.8 Å². The highest BCUT2D eigenvalue weighted by Gasteiger charge is 2.42. The van der Waals surface area contributed by atoms with Gasteiger partial charge in [-0.25, -0.2) is 9.59 Å². The van der Waals surface area contributed by atoms with Gasteiger partial charge in [-0.2, -0.15) is 0 Å². The summed E-state index contributed by atoms with van der Waals surface area (Å²) in [4.78, 5) is 35.3. The molecule has 2 rings (SSSR count). The first-order valence-corrected chi connectivity index (χ1v) is 7.99. The van der Waals surface area contributed by atoms with Crippen LogP contribution in [0.2, 0.25) is 0 Å². The third kappa shape index (κ3) is 3.28. The van der Waals surface area contributed by atoms with E-state index in [2.05, 4.69) is 6.92 Å². The Bertz CT molecular complexity index is 564. The summed E-state index contributed by atoms with van der Waals surface area (Å²) in [5.74, 6) is 0.000137. The number of Topliss-reactive ketones (excluding diaryl/α,β-unsaturated/α-hetero) is 1. The van der Waals surface area contributed by atoms with Crippen molar-refractivity contribution in [2.45, 2.75) is 45.4 Å². The number of carbonyl (C=O) groups is 2. The number of rotatable bonds is 5. The maximum absolute atomic E-state index is 12.5. The van der Waals surface area contributed by atoms with Crippen LogP contribution in [-0.4, -0.2) is 22.8 Å². The molecule has 0 aromatic carbocycles. The molecule has 2 aliphatic carbocycles. The quantitative estimate of drug-likeness (QED) is 0.792. The summed E-state index contributed by atoms with van der Waals surface area (Å²) < 4.78 is 0. The SMILES string of the molecule is CCCCC1CCCC(=O)C1C1C(=C=O)C=CC=C1C(=O)O. The Morgan fingerprint density at radius 1 is 1.45 bits per heavy atom. The van der Waals surface area contributed by atoms with Crippen LogP contribution in [0.3, 0.4) is 0 Å². The summed E-state index contributed by atoms with van der Waals surface area (Å²) in [5, 5.41) is 9.44. The Morgan fingerprint density at radius 3 is 2.86 bits per heavy atom. The van der Waals surface area contributed by atoms with Gasteiger partial charge >= 0.3 is 5.97 Å². The van der Waals surface area contributed by atoms with Crippen LogP contribution in [0, 0.1) is 17.8 Å². The molecule has 1 saturated carbocycles. The lowest BCUT2D eigenvalue weighted by Gasteiger charge is -2.37. The van der Waals surface area contributed by atoms with E-state index >= 15 is 0 Å². The van der Waals surface area contributed by atoms with Gasteiger partial charge in [-0.05, 0) is 31.3 Å². The van der Waals surface area contributed by atoms with Crippen molar-refractivity contribution >= 4 is 17.7 Å². The molecule has 1 N–H and O–H groups in total. The van der Waals surface area contributed by atoms with Crippen LogP contribution in [0.15, 0.2) is 29.4 Å². The van der Waals surface area contributed by atoms with Gasteiger partial charge in [0, 0.05) is 29.4 Å². The third-order valence-corrected chi connectivity index (χ3v) is 4.75. The molecule has 1 fully saturated rings. The third-order valence-electron chi connectivity index (χ3n) is 4.75. The molecule has 0 heterocycles. The van der Waals surface area contributed by atoms with Crippen LogP contribution >= 0.6 is 0 Å². The second-order valence-electron chi connectivity index (χ2n) is 6.11. The van der Waals surface area contributed by atoms with Gasteiger partial charge in [0.1, 0.15) is 11.7 Å². The van der Waals surface area contributed by atoms with E-state index in [-0.39, 0.29) is 17.3 Å². The molecule has 0 radical (unpaired) electrons. The highest BCUT2D eigenvalue weighted by molar-refractivity contribution is 5.93.